The second-order valence-corrected chi connectivity index (χ2v) is 17.9. The first-order chi connectivity index (χ1) is 21.6. The van der Waals surface area contributed by atoms with Gasteiger partial charge in [-0.25, -0.2) is 0 Å². The Kier molecular flexibility index (Phi) is 9.23. The zero-order valence-corrected chi connectivity index (χ0v) is 30.5. The third-order valence-corrected chi connectivity index (χ3v) is 14.6. The highest BCUT2D eigenvalue weighted by molar-refractivity contribution is 5.68. The van der Waals surface area contributed by atoms with Gasteiger partial charge in [-0.05, 0) is 104 Å². The van der Waals surface area contributed by atoms with Crippen molar-refractivity contribution in [3.8, 4) is 0 Å². The lowest BCUT2D eigenvalue weighted by atomic mass is 9.41. The van der Waals surface area contributed by atoms with Crippen LogP contribution in [0.4, 0.5) is 0 Å². The molecule has 8 unspecified atom stereocenters. The number of hydrogen-bond donors (Lipinski definition) is 1. The molecule has 5 aliphatic rings. The molecule has 266 valence electrons. The van der Waals surface area contributed by atoms with Gasteiger partial charge in [-0.3, -0.25) is 19.2 Å². The first-order valence-corrected chi connectivity index (χ1v) is 18.0. The summed E-state index contributed by atoms with van der Waals surface area (Å²) >= 11 is 0. The molecule has 0 aliphatic heterocycles. The summed E-state index contributed by atoms with van der Waals surface area (Å²) in [4.78, 5) is 48.9. The third kappa shape index (κ3) is 5.92. The maximum atomic E-state index is 12.9. The largest absolute Gasteiger partial charge is 0.465 e. The number of aliphatic hydroxyl groups is 1. The molecule has 0 bridgehead atoms. The van der Waals surface area contributed by atoms with Gasteiger partial charge >= 0.3 is 23.9 Å². The van der Waals surface area contributed by atoms with Gasteiger partial charge in [0.1, 0.15) is 24.9 Å². The highest BCUT2D eigenvalue weighted by Gasteiger charge is 2.69. The summed E-state index contributed by atoms with van der Waals surface area (Å²) in [5, 5.41) is 12.9. The van der Waals surface area contributed by atoms with Crippen molar-refractivity contribution in [1.82, 2.24) is 0 Å². The Morgan fingerprint density at radius 2 is 1.23 bits per heavy atom. The summed E-state index contributed by atoms with van der Waals surface area (Å²) in [6.07, 6.45) is 6.53. The van der Waals surface area contributed by atoms with Gasteiger partial charge in [-0.15, -0.1) is 0 Å². The monoisotopic (exact) mass is 660 g/mol. The summed E-state index contributed by atoms with van der Waals surface area (Å²) in [5.74, 6) is -0.772. The lowest BCUT2D eigenvalue weighted by Gasteiger charge is -2.65. The second-order valence-electron chi connectivity index (χ2n) is 17.9. The van der Waals surface area contributed by atoms with E-state index in [9.17, 15) is 24.3 Å². The minimum Gasteiger partial charge on any atom is -0.465 e. The van der Waals surface area contributed by atoms with Crippen molar-refractivity contribution in [3.63, 3.8) is 0 Å². The molecular formula is C38H60O9. The number of esters is 4. The van der Waals surface area contributed by atoms with Crippen molar-refractivity contribution < 1.29 is 43.2 Å². The lowest BCUT2D eigenvalue weighted by Crippen LogP contribution is -2.66. The van der Waals surface area contributed by atoms with Crippen LogP contribution in [0.5, 0.6) is 0 Å². The maximum absolute atomic E-state index is 12.9. The predicted octanol–water partition coefficient (Wildman–Crippen LogP) is 6.56. The Labute approximate surface area is 281 Å². The van der Waals surface area contributed by atoms with Crippen molar-refractivity contribution in [3.05, 3.63) is 0 Å². The van der Waals surface area contributed by atoms with E-state index in [0.29, 0.717) is 31.6 Å². The van der Waals surface area contributed by atoms with E-state index in [4.69, 9.17) is 18.9 Å². The fraction of sp³-hybridized carbons (Fsp3) is 0.895. The van der Waals surface area contributed by atoms with Crippen molar-refractivity contribution in [2.75, 3.05) is 6.61 Å². The van der Waals surface area contributed by atoms with Crippen LogP contribution in [0, 0.1) is 50.7 Å². The molecule has 0 saturated heterocycles. The summed E-state index contributed by atoms with van der Waals surface area (Å²) in [7, 11) is 0. The maximum Gasteiger partial charge on any atom is 0.303 e. The molecule has 0 aromatic carbocycles. The van der Waals surface area contributed by atoms with Gasteiger partial charge in [-0.2, -0.15) is 0 Å². The molecule has 47 heavy (non-hydrogen) atoms. The van der Waals surface area contributed by atoms with E-state index in [1.165, 1.54) is 27.7 Å². The van der Waals surface area contributed by atoms with Crippen LogP contribution in [0.1, 0.15) is 133 Å². The van der Waals surface area contributed by atoms with E-state index in [0.717, 1.165) is 38.5 Å². The van der Waals surface area contributed by atoms with Crippen LogP contribution in [-0.2, 0) is 38.1 Å². The number of carbonyl (C=O) groups excluding carboxylic acids is 4. The number of rotatable bonds is 5. The molecule has 5 saturated carbocycles. The molecule has 0 spiro atoms. The van der Waals surface area contributed by atoms with Crippen molar-refractivity contribution in [2.45, 2.75) is 157 Å². The molecule has 9 nitrogen and oxygen atoms in total. The lowest BCUT2D eigenvalue weighted by molar-refractivity contribution is -0.247. The van der Waals surface area contributed by atoms with Crippen LogP contribution in [0.2, 0.25) is 0 Å². The van der Waals surface area contributed by atoms with E-state index >= 15 is 0 Å². The average molecular weight is 661 g/mol. The summed E-state index contributed by atoms with van der Waals surface area (Å²) in [5.41, 5.74) is -2.40. The van der Waals surface area contributed by atoms with Gasteiger partial charge in [0.05, 0.1) is 5.60 Å². The molecular weight excluding hydrogens is 600 g/mol. The second kappa shape index (κ2) is 12.0. The van der Waals surface area contributed by atoms with E-state index in [1.54, 1.807) is 0 Å². The summed E-state index contributed by atoms with van der Waals surface area (Å²) < 4.78 is 23.5. The van der Waals surface area contributed by atoms with Gasteiger partial charge < -0.3 is 24.1 Å². The van der Waals surface area contributed by atoms with Crippen molar-refractivity contribution in [1.29, 1.82) is 0 Å². The SMILES string of the molecule is CC(=O)OCC1(C)C(OC(C)=O)CCC2(C)[C@H]3CC[C@H]4C(O)(CC[C@H]5C(C)(C)C(OC(C)=O)C(OC(C)=O)CC45C)CC3(C)CC[C@@H]12. The molecule has 9 heteroatoms. The molecule has 0 aromatic heterocycles. The number of hydrogen-bond acceptors (Lipinski definition) is 9. The minimum atomic E-state index is -0.876. The average Bonchev–Trinajstić information content (AvgIpc) is 3.05. The molecule has 1 N–H and O–H groups in total. The highest BCUT2D eigenvalue weighted by atomic mass is 16.6. The summed E-state index contributed by atoms with van der Waals surface area (Å²) in [6.45, 7) is 19.4. The molecule has 5 fully saturated rings. The highest BCUT2D eigenvalue weighted by Crippen LogP contribution is 2.72. The van der Waals surface area contributed by atoms with E-state index in [1.807, 2.05) is 0 Å². The summed E-state index contributed by atoms with van der Waals surface area (Å²) in [6, 6.07) is 0. The van der Waals surface area contributed by atoms with Crippen LogP contribution in [0.3, 0.4) is 0 Å². The van der Waals surface area contributed by atoms with Gasteiger partial charge in [0.25, 0.3) is 0 Å². The minimum absolute atomic E-state index is 0.0151. The Morgan fingerprint density at radius 3 is 1.83 bits per heavy atom. The van der Waals surface area contributed by atoms with Crippen molar-refractivity contribution >= 4 is 23.9 Å². The molecule has 12 atom stereocenters. The fourth-order valence-corrected chi connectivity index (χ4v) is 13.2. The molecule has 5 rings (SSSR count). The Hall–Kier alpha value is -2.16. The van der Waals surface area contributed by atoms with E-state index in [2.05, 4.69) is 41.5 Å². The zero-order valence-electron chi connectivity index (χ0n) is 30.5. The zero-order chi connectivity index (χ0) is 35.0. The van der Waals surface area contributed by atoms with Crippen LogP contribution < -0.4 is 0 Å². The van der Waals surface area contributed by atoms with E-state index < -0.39 is 34.6 Å². The molecule has 0 radical (unpaired) electrons. The van der Waals surface area contributed by atoms with Gasteiger partial charge in [0.2, 0.25) is 0 Å². The molecule has 0 heterocycles. The van der Waals surface area contributed by atoms with Crippen LogP contribution in [-0.4, -0.2) is 59.5 Å². The molecule has 0 aromatic rings. The standard InChI is InChI=1S/C38H60O9/c1-22(39)44-21-37(10)29-13-16-34(7)20-38(43)18-14-27-33(5,6)32(47-25(4)42)26(45-23(2)40)19-36(27,9)30(38)12-11-28(34)35(29,8)17-15-31(37)46-24(3)41/h26-32,43H,11-21H2,1-10H3/t26?,27-,28-,29+,30+,31?,32?,34?,35?,36?,37?,38?/m0/s1. The third-order valence-electron chi connectivity index (χ3n) is 14.6. The first-order valence-electron chi connectivity index (χ1n) is 18.0. The smallest absolute Gasteiger partial charge is 0.303 e. The Balaban J connectivity index is 1.51. The van der Waals surface area contributed by atoms with Gasteiger partial charge in [-0.1, -0.05) is 41.5 Å². The molecule has 0 amide bonds. The number of fused-ring (bicyclic) bond motifs is 6. The topological polar surface area (TPSA) is 125 Å². The van der Waals surface area contributed by atoms with E-state index in [-0.39, 0.29) is 64.6 Å². The Bertz CT molecular complexity index is 1280. The number of carbonyl (C=O) groups is 4. The Morgan fingerprint density at radius 1 is 0.638 bits per heavy atom. The van der Waals surface area contributed by atoms with Gasteiger partial charge in [0, 0.05) is 38.5 Å². The number of ether oxygens (including phenoxy) is 4. The fourth-order valence-electron chi connectivity index (χ4n) is 13.2. The first kappa shape index (κ1) is 36.1. The van der Waals surface area contributed by atoms with Crippen LogP contribution in [0.25, 0.3) is 0 Å². The van der Waals surface area contributed by atoms with Gasteiger partial charge in [0.15, 0.2) is 0 Å². The van der Waals surface area contributed by atoms with Crippen LogP contribution >= 0.6 is 0 Å². The molecule has 5 aliphatic carbocycles. The predicted molar refractivity (Wildman–Crippen MR) is 175 cm³/mol. The van der Waals surface area contributed by atoms with Crippen LogP contribution in [0.15, 0.2) is 0 Å². The normalized spacial score (nSPS) is 47.0. The quantitative estimate of drug-likeness (QED) is 0.258. The van der Waals surface area contributed by atoms with Crippen molar-refractivity contribution in [2.24, 2.45) is 50.7 Å².